The Hall–Kier alpha value is -1.38. The molecule has 3 rings (SSSR count). The van der Waals surface area contributed by atoms with E-state index in [9.17, 15) is 0 Å². The minimum atomic E-state index is 0.106. The Morgan fingerprint density at radius 2 is 1.76 bits per heavy atom. The van der Waals surface area contributed by atoms with Gasteiger partial charge in [0, 0.05) is 25.2 Å². The van der Waals surface area contributed by atoms with Crippen LogP contribution in [-0.2, 0) is 0 Å². The lowest BCUT2D eigenvalue weighted by atomic mass is 10.0. The number of fused-ring (bicyclic) bond motifs is 1. The lowest BCUT2D eigenvalue weighted by molar-refractivity contribution is 0.221. The van der Waals surface area contributed by atoms with E-state index in [1.165, 1.54) is 29.2 Å². The van der Waals surface area contributed by atoms with Gasteiger partial charge in [0.1, 0.15) is 0 Å². The molecule has 1 unspecified atom stereocenters. The quantitative estimate of drug-likeness (QED) is 0.869. The van der Waals surface area contributed by atoms with Crippen LogP contribution in [0.3, 0.4) is 0 Å². The standard InChI is InChI=1S/C19H26N2/c1-14(2)12-21(18-9-10-18)13-19(20)17-8-7-15-5-3-4-6-16(15)11-17/h3-8,11,14,18-19H,9-10,12-13,20H2,1-2H3. The summed E-state index contributed by atoms with van der Waals surface area (Å²) in [6.07, 6.45) is 2.69. The molecule has 0 radical (unpaired) electrons. The van der Waals surface area contributed by atoms with E-state index in [1.807, 2.05) is 0 Å². The van der Waals surface area contributed by atoms with Gasteiger partial charge in [0.05, 0.1) is 0 Å². The minimum Gasteiger partial charge on any atom is -0.323 e. The minimum absolute atomic E-state index is 0.106. The normalized spacial score (nSPS) is 16.8. The van der Waals surface area contributed by atoms with Crippen molar-refractivity contribution in [3.8, 4) is 0 Å². The van der Waals surface area contributed by atoms with Gasteiger partial charge in [0.25, 0.3) is 0 Å². The van der Waals surface area contributed by atoms with Gasteiger partial charge in [-0.3, -0.25) is 4.90 Å². The lowest BCUT2D eigenvalue weighted by Crippen LogP contribution is -2.36. The maximum atomic E-state index is 6.49. The summed E-state index contributed by atoms with van der Waals surface area (Å²) < 4.78 is 0. The van der Waals surface area contributed by atoms with Crippen molar-refractivity contribution in [1.29, 1.82) is 0 Å². The molecule has 0 aromatic heterocycles. The van der Waals surface area contributed by atoms with Crippen molar-refractivity contribution >= 4 is 10.8 Å². The van der Waals surface area contributed by atoms with Gasteiger partial charge < -0.3 is 5.73 Å². The molecule has 2 aromatic rings. The Bertz CT molecular complexity index is 601. The molecule has 0 spiro atoms. The third-order valence-corrected chi connectivity index (χ3v) is 4.30. The molecule has 1 atom stereocenters. The summed E-state index contributed by atoms with van der Waals surface area (Å²) in [5.74, 6) is 0.703. The van der Waals surface area contributed by atoms with Gasteiger partial charge in [-0.1, -0.05) is 50.2 Å². The fourth-order valence-electron chi connectivity index (χ4n) is 3.08. The Morgan fingerprint density at radius 3 is 2.43 bits per heavy atom. The second kappa shape index (κ2) is 6.17. The van der Waals surface area contributed by atoms with Gasteiger partial charge in [0.2, 0.25) is 0 Å². The topological polar surface area (TPSA) is 29.3 Å². The summed E-state index contributed by atoms with van der Waals surface area (Å²) in [5.41, 5.74) is 7.74. The molecule has 0 amide bonds. The molecular weight excluding hydrogens is 256 g/mol. The van der Waals surface area contributed by atoms with Gasteiger partial charge in [-0.15, -0.1) is 0 Å². The first-order valence-corrected chi connectivity index (χ1v) is 8.12. The fraction of sp³-hybridized carbons (Fsp3) is 0.474. The molecular formula is C19H26N2. The molecule has 1 saturated carbocycles. The van der Waals surface area contributed by atoms with E-state index in [1.54, 1.807) is 0 Å². The number of rotatable bonds is 6. The van der Waals surface area contributed by atoms with Crippen LogP contribution >= 0.6 is 0 Å². The van der Waals surface area contributed by atoms with Crippen LogP contribution < -0.4 is 5.73 Å². The highest BCUT2D eigenvalue weighted by atomic mass is 15.2. The first kappa shape index (κ1) is 14.6. The highest BCUT2D eigenvalue weighted by molar-refractivity contribution is 5.83. The molecule has 1 aliphatic carbocycles. The molecule has 2 heteroatoms. The third kappa shape index (κ3) is 3.63. The van der Waals surface area contributed by atoms with Crippen LogP contribution in [0.15, 0.2) is 42.5 Å². The highest BCUT2D eigenvalue weighted by Gasteiger charge is 2.30. The van der Waals surface area contributed by atoms with Gasteiger partial charge in [0.15, 0.2) is 0 Å². The summed E-state index contributed by atoms with van der Waals surface area (Å²) in [6.45, 7) is 6.71. The van der Waals surface area contributed by atoms with Crippen molar-refractivity contribution in [3.63, 3.8) is 0 Å². The van der Waals surface area contributed by atoms with E-state index >= 15 is 0 Å². The Labute approximate surface area is 127 Å². The second-order valence-electron chi connectivity index (χ2n) is 6.79. The molecule has 2 aromatic carbocycles. The predicted octanol–water partition coefficient (Wildman–Crippen LogP) is 3.96. The predicted molar refractivity (Wildman–Crippen MR) is 90.3 cm³/mol. The van der Waals surface area contributed by atoms with Crippen molar-refractivity contribution in [2.24, 2.45) is 11.7 Å². The Morgan fingerprint density at radius 1 is 1.05 bits per heavy atom. The first-order chi connectivity index (χ1) is 10.1. The summed E-state index contributed by atoms with van der Waals surface area (Å²) in [4.78, 5) is 2.59. The van der Waals surface area contributed by atoms with Crippen molar-refractivity contribution in [3.05, 3.63) is 48.0 Å². The molecule has 112 valence electrons. The fourth-order valence-corrected chi connectivity index (χ4v) is 3.08. The molecule has 2 N–H and O–H groups in total. The summed E-state index contributed by atoms with van der Waals surface area (Å²) >= 11 is 0. The van der Waals surface area contributed by atoms with Crippen LogP contribution in [0, 0.1) is 5.92 Å². The van der Waals surface area contributed by atoms with E-state index < -0.39 is 0 Å². The maximum absolute atomic E-state index is 6.49. The summed E-state index contributed by atoms with van der Waals surface area (Å²) in [6, 6.07) is 16.0. The van der Waals surface area contributed by atoms with Crippen molar-refractivity contribution in [2.75, 3.05) is 13.1 Å². The molecule has 0 aliphatic heterocycles. The monoisotopic (exact) mass is 282 g/mol. The van der Waals surface area contributed by atoms with Crippen molar-refractivity contribution in [1.82, 2.24) is 4.90 Å². The van der Waals surface area contributed by atoms with Crippen LogP contribution in [0.25, 0.3) is 10.8 Å². The zero-order valence-electron chi connectivity index (χ0n) is 13.1. The van der Waals surface area contributed by atoms with Crippen LogP contribution in [0.4, 0.5) is 0 Å². The molecule has 21 heavy (non-hydrogen) atoms. The molecule has 1 aliphatic rings. The van der Waals surface area contributed by atoms with Gasteiger partial charge in [-0.25, -0.2) is 0 Å². The number of hydrogen-bond acceptors (Lipinski definition) is 2. The number of benzene rings is 2. The smallest absolute Gasteiger partial charge is 0.0424 e. The van der Waals surface area contributed by atoms with E-state index in [2.05, 4.69) is 61.2 Å². The zero-order chi connectivity index (χ0) is 14.8. The Balaban J connectivity index is 1.74. The number of nitrogens with two attached hydrogens (primary N) is 1. The van der Waals surface area contributed by atoms with Gasteiger partial charge >= 0.3 is 0 Å². The van der Waals surface area contributed by atoms with E-state index in [0.29, 0.717) is 5.92 Å². The summed E-state index contributed by atoms with van der Waals surface area (Å²) in [7, 11) is 0. The Kier molecular flexibility index (Phi) is 4.27. The highest BCUT2D eigenvalue weighted by Crippen LogP contribution is 2.29. The third-order valence-electron chi connectivity index (χ3n) is 4.30. The summed E-state index contributed by atoms with van der Waals surface area (Å²) in [5, 5.41) is 2.57. The molecule has 1 fully saturated rings. The molecule has 0 bridgehead atoms. The zero-order valence-corrected chi connectivity index (χ0v) is 13.1. The second-order valence-corrected chi connectivity index (χ2v) is 6.79. The van der Waals surface area contributed by atoms with E-state index in [4.69, 9.17) is 5.73 Å². The molecule has 0 saturated heterocycles. The lowest BCUT2D eigenvalue weighted by Gasteiger charge is -2.27. The number of hydrogen-bond donors (Lipinski definition) is 1. The SMILES string of the molecule is CC(C)CN(CC(N)c1ccc2ccccc2c1)C1CC1. The largest absolute Gasteiger partial charge is 0.323 e. The van der Waals surface area contributed by atoms with Crippen molar-refractivity contribution in [2.45, 2.75) is 38.8 Å². The molecule has 0 heterocycles. The van der Waals surface area contributed by atoms with E-state index in [-0.39, 0.29) is 6.04 Å². The van der Waals surface area contributed by atoms with Crippen LogP contribution in [-0.4, -0.2) is 24.0 Å². The van der Waals surface area contributed by atoms with Crippen LogP contribution in [0.5, 0.6) is 0 Å². The van der Waals surface area contributed by atoms with Gasteiger partial charge in [-0.05, 0) is 41.2 Å². The average molecular weight is 282 g/mol. The maximum Gasteiger partial charge on any atom is 0.0424 e. The first-order valence-electron chi connectivity index (χ1n) is 8.12. The average Bonchev–Trinajstić information content (AvgIpc) is 3.30. The number of nitrogens with zero attached hydrogens (tertiary/aromatic N) is 1. The van der Waals surface area contributed by atoms with Crippen molar-refractivity contribution < 1.29 is 0 Å². The molecule has 2 nitrogen and oxygen atoms in total. The van der Waals surface area contributed by atoms with Crippen LogP contribution in [0.1, 0.15) is 38.3 Å². The van der Waals surface area contributed by atoms with E-state index in [0.717, 1.165) is 19.1 Å². The van der Waals surface area contributed by atoms with Crippen LogP contribution in [0.2, 0.25) is 0 Å². The van der Waals surface area contributed by atoms with Gasteiger partial charge in [-0.2, -0.15) is 0 Å².